The van der Waals surface area contributed by atoms with E-state index in [2.05, 4.69) is 10.6 Å². The minimum atomic E-state index is -0.699. The van der Waals surface area contributed by atoms with E-state index in [1.165, 1.54) is 4.90 Å². The fourth-order valence-electron chi connectivity index (χ4n) is 3.19. The number of amides is 4. The number of carbonyl (C=O) groups excluding carboxylic acids is 3. The van der Waals surface area contributed by atoms with E-state index in [0.717, 1.165) is 5.56 Å². The first-order valence-electron chi connectivity index (χ1n) is 9.12. The van der Waals surface area contributed by atoms with E-state index in [-0.39, 0.29) is 30.7 Å². The van der Waals surface area contributed by atoms with Gasteiger partial charge in [0, 0.05) is 18.2 Å². The lowest BCUT2D eigenvalue weighted by Crippen LogP contribution is -2.34. The molecule has 0 radical (unpaired) electrons. The SMILES string of the molecule is COc1cccc(NC(=O)CC[C@H]2NC(=O)N([C@@H](C)c3ccccc3)C2=O)c1. The van der Waals surface area contributed by atoms with Crippen molar-refractivity contribution in [2.24, 2.45) is 0 Å². The van der Waals surface area contributed by atoms with Crippen LogP contribution in [0.1, 0.15) is 31.4 Å². The third-order valence-electron chi connectivity index (χ3n) is 4.73. The molecule has 0 aliphatic carbocycles. The molecule has 2 aromatic carbocycles. The molecule has 2 atom stereocenters. The van der Waals surface area contributed by atoms with E-state index in [1.54, 1.807) is 31.4 Å². The number of carbonyl (C=O) groups is 3. The highest BCUT2D eigenvalue weighted by Crippen LogP contribution is 2.25. The molecule has 0 saturated carbocycles. The summed E-state index contributed by atoms with van der Waals surface area (Å²) in [4.78, 5) is 38.4. The number of hydrogen-bond donors (Lipinski definition) is 2. The van der Waals surface area contributed by atoms with Gasteiger partial charge in [-0.25, -0.2) is 4.79 Å². The molecule has 1 fully saturated rings. The number of nitrogens with zero attached hydrogens (tertiary/aromatic N) is 1. The lowest BCUT2D eigenvalue weighted by molar-refractivity contribution is -0.129. The Kier molecular flexibility index (Phi) is 5.93. The fraction of sp³-hybridized carbons (Fsp3) is 0.286. The molecular formula is C21H23N3O4. The summed E-state index contributed by atoms with van der Waals surface area (Å²) >= 11 is 0. The first-order valence-corrected chi connectivity index (χ1v) is 9.12. The number of anilines is 1. The Morgan fingerprint density at radius 3 is 2.64 bits per heavy atom. The van der Waals surface area contributed by atoms with Crippen molar-refractivity contribution in [2.45, 2.75) is 31.8 Å². The van der Waals surface area contributed by atoms with Crippen molar-refractivity contribution in [2.75, 3.05) is 12.4 Å². The first-order chi connectivity index (χ1) is 13.5. The second-order valence-corrected chi connectivity index (χ2v) is 6.62. The van der Waals surface area contributed by atoms with Crippen LogP contribution in [-0.2, 0) is 9.59 Å². The minimum absolute atomic E-state index is 0.113. The minimum Gasteiger partial charge on any atom is -0.497 e. The summed E-state index contributed by atoms with van der Waals surface area (Å²) in [6.45, 7) is 1.81. The van der Waals surface area contributed by atoms with Gasteiger partial charge in [0.05, 0.1) is 13.2 Å². The van der Waals surface area contributed by atoms with Crippen LogP contribution >= 0.6 is 0 Å². The van der Waals surface area contributed by atoms with Gasteiger partial charge in [-0.05, 0) is 31.0 Å². The second-order valence-electron chi connectivity index (χ2n) is 6.62. The molecule has 2 aromatic rings. The molecule has 4 amide bonds. The predicted octanol–water partition coefficient (Wildman–Crippen LogP) is 3.10. The zero-order valence-corrected chi connectivity index (χ0v) is 15.8. The van der Waals surface area contributed by atoms with Crippen molar-refractivity contribution in [3.63, 3.8) is 0 Å². The van der Waals surface area contributed by atoms with E-state index in [0.29, 0.717) is 11.4 Å². The molecule has 0 spiro atoms. The summed E-state index contributed by atoms with van der Waals surface area (Å²) in [5.41, 5.74) is 1.49. The highest BCUT2D eigenvalue weighted by Gasteiger charge is 2.40. The summed E-state index contributed by atoms with van der Waals surface area (Å²) in [6.07, 6.45) is 0.347. The van der Waals surface area contributed by atoms with Gasteiger partial charge in [-0.3, -0.25) is 14.5 Å². The monoisotopic (exact) mass is 381 g/mol. The molecule has 0 aromatic heterocycles. The molecule has 0 bridgehead atoms. The number of benzene rings is 2. The van der Waals surface area contributed by atoms with Gasteiger partial charge in [-0.2, -0.15) is 0 Å². The standard InChI is InChI=1S/C21H23N3O4/c1-14(15-7-4-3-5-8-15)24-20(26)18(23-21(24)27)11-12-19(25)22-16-9-6-10-17(13-16)28-2/h3-10,13-14,18H,11-12H2,1-2H3,(H,22,25)(H,23,27)/t14-,18+/m0/s1. The Balaban J connectivity index is 1.57. The third-order valence-corrected chi connectivity index (χ3v) is 4.73. The molecule has 146 valence electrons. The Hall–Kier alpha value is -3.35. The van der Waals surface area contributed by atoms with Crippen LogP contribution in [0.15, 0.2) is 54.6 Å². The highest BCUT2D eigenvalue weighted by atomic mass is 16.5. The van der Waals surface area contributed by atoms with E-state index in [1.807, 2.05) is 37.3 Å². The summed E-state index contributed by atoms with van der Waals surface area (Å²) in [7, 11) is 1.55. The largest absolute Gasteiger partial charge is 0.497 e. The Morgan fingerprint density at radius 2 is 1.93 bits per heavy atom. The smallest absolute Gasteiger partial charge is 0.325 e. The number of urea groups is 1. The topological polar surface area (TPSA) is 87.7 Å². The molecule has 0 unspecified atom stereocenters. The fourth-order valence-corrected chi connectivity index (χ4v) is 3.19. The number of imide groups is 1. The summed E-state index contributed by atoms with van der Waals surface area (Å²) in [5.74, 6) is 0.0990. The molecule has 7 heteroatoms. The van der Waals surface area contributed by atoms with Gasteiger partial charge < -0.3 is 15.4 Å². The molecule has 1 aliphatic heterocycles. The van der Waals surface area contributed by atoms with E-state index < -0.39 is 12.1 Å². The summed E-state index contributed by atoms with van der Waals surface area (Å²) in [5, 5.41) is 5.45. The normalized spacial score (nSPS) is 17.2. The number of rotatable bonds is 7. The average molecular weight is 381 g/mol. The van der Waals surface area contributed by atoms with Crippen molar-refractivity contribution in [3.05, 3.63) is 60.2 Å². The van der Waals surface area contributed by atoms with Crippen LogP contribution in [0.5, 0.6) is 5.75 Å². The van der Waals surface area contributed by atoms with Gasteiger partial charge in [-0.15, -0.1) is 0 Å². The lowest BCUT2D eigenvalue weighted by Gasteiger charge is -2.21. The van der Waals surface area contributed by atoms with Gasteiger partial charge in [0.15, 0.2) is 0 Å². The van der Waals surface area contributed by atoms with Gasteiger partial charge in [0.1, 0.15) is 11.8 Å². The quantitative estimate of drug-likeness (QED) is 0.722. The van der Waals surface area contributed by atoms with Gasteiger partial charge in [0.25, 0.3) is 5.91 Å². The van der Waals surface area contributed by atoms with Crippen molar-refractivity contribution < 1.29 is 19.1 Å². The first kappa shape index (κ1) is 19.4. The molecule has 3 rings (SSSR count). The van der Waals surface area contributed by atoms with Crippen LogP contribution in [-0.4, -0.2) is 35.9 Å². The van der Waals surface area contributed by atoms with Gasteiger partial charge in [0.2, 0.25) is 5.91 Å². The Morgan fingerprint density at radius 1 is 1.18 bits per heavy atom. The van der Waals surface area contributed by atoms with Gasteiger partial charge >= 0.3 is 6.03 Å². The number of methoxy groups -OCH3 is 1. The molecule has 7 nitrogen and oxygen atoms in total. The Bertz CT molecular complexity index is 869. The molecular weight excluding hydrogens is 358 g/mol. The van der Waals surface area contributed by atoms with Crippen LogP contribution in [0.2, 0.25) is 0 Å². The molecule has 2 N–H and O–H groups in total. The van der Waals surface area contributed by atoms with Crippen molar-refractivity contribution in [1.82, 2.24) is 10.2 Å². The van der Waals surface area contributed by atoms with Gasteiger partial charge in [-0.1, -0.05) is 36.4 Å². The lowest BCUT2D eigenvalue weighted by atomic mass is 10.1. The van der Waals surface area contributed by atoms with Crippen LogP contribution in [0, 0.1) is 0 Å². The van der Waals surface area contributed by atoms with E-state index in [9.17, 15) is 14.4 Å². The molecule has 1 heterocycles. The average Bonchev–Trinajstić information content (AvgIpc) is 3.00. The summed E-state index contributed by atoms with van der Waals surface area (Å²) < 4.78 is 5.13. The molecule has 1 aliphatic rings. The van der Waals surface area contributed by atoms with Crippen molar-refractivity contribution in [3.8, 4) is 5.75 Å². The number of ether oxygens (including phenoxy) is 1. The summed E-state index contributed by atoms with van der Waals surface area (Å²) in [6, 6.07) is 14.9. The van der Waals surface area contributed by atoms with E-state index in [4.69, 9.17) is 4.74 Å². The van der Waals surface area contributed by atoms with E-state index >= 15 is 0 Å². The van der Waals surface area contributed by atoms with Crippen LogP contribution in [0.25, 0.3) is 0 Å². The molecule has 1 saturated heterocycles. The van der Waals surface area contributed by atoms with Crippen LogP contribution < -0.4 is 15.4 Å². The zero-order chi connectivity index (χ0) is 20.1. The van der Waals surface area contributed by atoms with Crippen LogP contribution in [0.4, 0.5) is 10.5 Å². The van der Waals surface area contributed by atoms with Crippen molar-refractivity contribution in [1.29, 1.82) is 0 Å². The maximum atomic E-state index is 12.7. The highest BCUT2D eigenvalue weighted by molar-refractivity contribution is 6.05. The maximum Gasteiger partial charge on any atom is 0.325 e. The molecule has 28 heavy (non-hydrogen) atoms. The number of nitrogens with one attached hydrogen (secondary N) is 2. The number of hydrogen-bond acceptors (Lipinski definition) is 4. The second kappa shape index (κ2) is 8.56. The van der Waals surface area contributed by atoms with Crippen LogP contribution in [0.3, 0.4) is 0 Å². The maximum absolute atomic E-state index is 12.7. The third kappa shape index (κ3) is 4.31. The predicted molar refractivity (Wildman–Crippen MR) is 105 cm³/mol. The Labute approximate surface area is 163 Å². The van der Waals surface area contributed by atoms with Crippen molar-refractivity contribution >= 4 is 23.5 Å². The zero-order valence-electron chi connectivity index (χ0n) is 15.8.